The molecule has 0 unspecified atom stereocenters. The fraction of sp³-hybridized carbons (Fsp3) is 0.714. The zero-order chi connectivity index (χ0) is 13.9. The van der Waals surface area contributed by atoms with Crippen molar-refractivity contribution in [3.8, 4) is 0 Å². The highest BCUT2D eigenvalue weighted by atomic mass is 15.2. The van der Waals surface area contributed by atoms with Gasteiger partial charge in [-0.15, -0.1) is 0 Å². The van der Waals surface area contributed by atoms with Crippen molar-refractivity contribution in [2.45, 2.75) is 59.7 Å². The first-order valence-electron chi connectivity index (χ1n) is 6.51. The molecule has 102 valence electrons. The Hall–Kier alpha value is -1.16. The van der Waals surface area contributed by atoms with Crippen molar-refractivity contribution in [2.75, 3.05) is 11.9 Å². The van der Waals surface area contributed by atoms with Crippen LogP contribution in [0.2, 0.25) is 0 Å². The predicted molar refractivity (Wildman–Crippen MR) is 76.9 cm³/mol. The maximum atomic E-state index is 4.61. The minimum Gasteiger partial charge on any atom is -0.341 e. The Balaban J connectivity index is 2.87. The molecule has 0 saturated heterocycles. The molecule has 0 fully saturated rings. The second kappa shape index (κ2) is 5.65. The van der Waals surface area contributed by atoms with Crippen molar-refractivity contribution >= 4 is 5.95 Å². The first-order valence-corrected chi connectivity index (χ1v) is 6.51. The van der Waals surface area contributed by atoms with Gasteiger partial charge >= 0.3 is 0 Å². The van der Waals surface area contributed by atoms with Gasteiger partial charge in [-0.3, -0.25) is 0 Å². The zero-order valence-corrected chi connectivity index (χ0v) is 12.7. The van der Waals surface area contributed by atoms with Crippen LogP contribution in [0.5, 0.6) is 0 Å². The summed E-state index contributed by atoms with van der Waals surface area (Å²) in [5.74, 6) is 0.802. The van der Waals surface area contributed by atoms with Crippen LogP contribution in [0.3, 0.4) is 0 Å². The molecule has 0 saturated carbocycles. The Bertz CT molecular complexity index is 393. The van der Waals surface area contributed by atoms with Crippen LogP contribution in [0.25, 0.3) is 0 Å². The van der Waals surface area contributed by atoms with Crippen LogP contribution >= 0.6 is 0 Å². The average Bonchev–Trinajstić information content (AvgIpc) is 2.23. The second-order valence-electron chi connectivity index (χ2n) is 6.11. The molecule has 1 heterocycles. The van der Waals surface area contributed by atoms with Gasteiger partial charge in [0.1, 0.15) is 0 Å². The number of nitrogens with zero attached hydrogens (tertiary/aromatic N) is 3. The normalized spacial score (nSPS) is 12.0. The van der Waals surface area contributed by atoms with E-state index in [1.165, 1.54) is 0 Å². The lowest BCUT2D eigenvalue weighted by Gasteiger charge is -2.23. The zero-order valence-electron chi connectivity index (χ0n) is 12.7. The fourth-order valence-electron chi connectivity index (χ4n) is 1.45. The maximum absolute atomic E-state index is 4.61. The summed E-state index contributed by atoms with van der Waals surface area (Å²) in [5.41, 5.74) is 2.15. The fourth-order valence-corrected chi connectivity index (χ4v) is 1.45. The van der Waals surface area contributed by atoms with Crippen LogP contribution in [0.15, 0.2) is 6.07 Å². The molecular weight excluding hydrogens is 224 g/mol. The van der Waals surface area contributed by atoms with E-state index >= 15 is 0 Å². The average molecular weight is 250 g/mol. The number of aryl methyl sites for hydroxylation is 1. The molecule has 4 heteroatoms. The largest absolute Gasteiger partial charge is 0.341 e. The third-order valence-electron chi connectivity index (χ3n) is 2.79. The van der Waals surface area contributed by atoms with Crippen molar-refractivity contribution in [1.82, 2.24) is 15.3 Å². The van der Waals surface area contributed by atoms with E-state index in [2.05, 4.69) is 54.8 Å². The minimum atomic E-state index is 0.100. The topological polar surface area (TPSA) is 41.1 Å². The highest BCUT2D eigenvalue weighted by molar-refractivity contribution is 5.32. The van der Waals surface area contributed by atoms with Crippen molar-refractivity contribution in [3.05, 3.63) is 17.5 Å². The van der Waals surface area contributed by atoms with E-state index in [0.29, 0.717) is 6.04 Å². The van der Waals surface area contributed by atoms with Crippen molar-refractivity contribution in [2.24, 2.45) is 0 Å². The van der Waals surface area contributed by atoms with Crippen LogP contribution < -0.4 is 10.2 Å². The molecule has 0 aliphatic heterocycles. The molecule has 1 rings (SSSR count). The number of anilines is 1. The van der Waals surface area contributed by atoms with Gasteiger partial charge in [-0.2, -0.15) is 0 Å². The van der Waals surface area contributed by atoms with E-state index in [-0.39, 0.29) is 5.54 Å². The summed E-state index contributed by atoms with van der Waals surface area (Å²) in [7, 11) is 2.03. The molecule has 1 N–H and O–H groups in total. The number of hydrogen-bond acceptors (Lipinski definition) is 4. The third-order valence-corrected chi connectivity index (χ3v) is 2.79. The monoisotopic (exact) mass is 250 g/mol. The molecule has 1 aromatic heterocycles. The van der Waals surface area contributed by atoms with E-state index in [1.54, 1.807) is 0 Å². The summed E-state index contributed by atoms with van der Waals surface area (Å²) in [5, 5.41) is 3.45. The van der Waals surface area contributed by atoms with Gasteiger partial charge in [-0.05, 0) is 47.6 Å². The van der Waals surface area contributed by atoms with Crippen molar-refractivity contribution in [3.63, 3.8) is 0 Å². The number of hydrogen-bond donors (Lipinski definition) is 1. The number of nitrogens with one attached hydrogen (secondary N) is 1. The molecule has 0 bridgehead atoms. The van der Waals surface area contributed by atoms with Gasteiger partial charge < -0.3 is 10.2 Å². The highest BCUT2D eigenvalue weighted by Gasteiger charge is 2.12. The lowest BCUT2D eigenvalue weighted by atomic mass is 10.1. The van der Waals surface area contributed by atoms with E-state index in [9.17, 15) is 0 Å². The molecule has 18 heavy (non-hydrogen) atoms. The van der Waals surface area contributed by atoms with E-state index in [4.69, 9.17) is 0 Å². The van der Waals surface area contributed by atoms with Gasteiger partial charge in [-0.1, -0.05) is 0 Å². The summed E-state index contributed by atoms with van der Waals surface area (Å²) in [6.45, 7) is 13.5. The predicted octanol–water partition coefficient (Wildman–Crippen LogP) is 2.52. The van der Waals surface area contributed by atoms with Gasteiger partial charge in [0.2, 0.25) is 5.95 Å². The Morgan fingerprint density at radius 1 is 1.28 bits per heavy atom. The van der Waals surface area contributed by atoms with Crippen LogP contribution in [0, 0.1) is 6.92 Å². The Morgan fingerprint density at radius 3 is 2.39 bits per heavy atom. The number of rotatable bonds is 4. The van der Waals surface area contributed by atoms with E-state index in [0.717, 1.165) is 23.9 Å². The molecular formula is C14H26N4. The van der Waals surface area contributed by atoms with E-state index < -0.39 is 0 Å². The van der Waals surface area contributed by atoms with Gasteiger partial charge in [-0.25, -0.2) is 9.97 Å². The molecule has 0 aliphatic carbocycles. The summed E-state index contributed by atoms with van der Waals surface area (Å²) in [6, 6.07) is 2.44. The van der Waals surface area contributed by atoms with Crippen LogP contribution in [-0.4, -0.2) is 28.6 Å². The van der Waals surface area contributed by atoms with Crippen LogP contribution in [0.1, 0.15) is 46.0 Å². The second-order valence-corrected chi connectivity index (χ2v) is 6.11. The molecule has 0 aromatic carbocycles. The molecule has 0 radical (unpaired) electrons. The maximum Gasteiger partial charge on any atom is 0.225 e. The molecule has 0 aliphatic rings. The van der Waals surface area contributed by atoms with Crippen molar-refractivity contribution in [1.29, 1.82) is 0 Å². The summed E-state index contributed by atoms with van der Waals surface area (Å²) in [4.78, 5) is 11.2. The lowest BCUT2D eigenvalue weighted by molar-refractivity contribution is 0.421. The highest BCUT2D eigenvalue weighted by Crippen LogP contribution is 2.12. The van der Waals surface area contributed by atoms with Gasteiger partial charge in [0.15, 0.2) is 0 Å². The minimum absolute atomic E-state index is 0.100. The molecule has 0 spiro atoms. The number of aromatic nitrogens is 2. The van der Waals surface area contributed by atoms with Gasteiger partial charge in [0.05, 0.1) is 5.69 Å². The smallest absolute Gasteiger partial charge is 0.225 e. The van der Waals surface area contributed by atoms with Crippen molar-refractivity contribution < 1.29 is 0 Å². The summed E-state index contributed by atoms with van der Waals surface area (Å²) < 4.78 is 0. The lowest BCUT2D eigenvalue weighted by Crippen LogP contribution is -2.35. The first kappa shape index (κ1) is 14.9. The Labute approximate surface area is 111 Å². The summed E-state index contributed by atoms with van der Waals surface area (Å²) in [6.07, 6.45) is 0. The van der Waals surface area contributed by atoms with Gasteiger partial charge in [0.25, 0.3) is 0 Å². The SMILES string of the molecule is Cc1cc(CNC(C)(C)C)nc(N(C)C(C)C)n1. The Kier molecular flexibility index (Phi) is 4.68. The van der Waals surface area contributed by atoms with Gasteiger partial charge in [0, 0.05) is 30.9 Å². The molecule has 1 aromatic rings. The standard InChI is InChI=1S/C14H26N4/c1-10(2)18(7)13-16-11(3)8-12(17-13)9-15-14(4,5)6/h8,10,15H,9H2,1-7H3. The Morgan fingerprint density at radius 2 is 1.89 bits per heavy atom. The quantitative estimate of drug-likeness (QED) is 0.891. The van der Waals surface area contributed by atoms with Crippen LogP contribution in [0.4, 0.5) is 5.95 Å². The molecule has 0 amide bonds. The van der Waals surface area contributed by atoms with E-state index in [1.807, 2.05) is 20.0 Å². The summed E-state index contributed by atoms with van der Waals surface area (Å²) >= 11 is 0. The third kappa shape index (κ3) is 4.61. The molecule has 4 nitrogen and oxygen atoms in total. The molecule has 0 atom stereocenters. The van der Waals surface area contributed by atoms with Crippen LogP contribution in [-0.2, 0) is 6.54 Å². The first-order chi connectivity index (χ1) is 8.19.